The summed E-state index contributed by atoms with van der Waals surface area (Å²) in [7, 11) is 0. The predicted octanol–water partition coefficient (Wildman–Crippen LogP) is 4.48. The van der Waals surface area contributed by atoms with Crippen molar-refractivity contribution in [2.75, 3.05) is 5.32 Å². The van der Waals surface area contributed by atoms with Gasteiger partial charge in [0.25, 0.3) is 0 Å². The van der Waals surface area contributed by atoms with Crippen LogP contribution in [0.5, 0.6) is 5.75 Å². The molecule has 0 fully saturated rings. The van der Waals surface area contributed by atoms with Crippen molar-refractivity contribution in [2.24, 2.45) is 0 Å². The summed E-state index contributed by atoms with van der Waals surface area (Å²) in [4.78, 5) is 0. The first-order valence-electron chi connectivity index (χ1n) is 6.50. The Balaban J connectivity index is 2.19. The fraction of sp³-hybridized carbons (Fsp3) is 0.250. The highest BCUT2D eigenvalue weighted by atomic mass is 19.1. The van der Waals surface area contributed by atoms with Gasteiger partial charge in [0.1, 0.15) is 0 Å². The monoisotopic (exact) mass is 259 g/mol. The van der Waals surface area contributed by atoms with E-state index in [1.807, 2.05) is 18.2 Å². The van der Waals surface area contributed by atoms with Crippen LogP contribution in [-0.2, 0) is 0 Å². The second-order valence-corrected chi connectivity index (χ2v) is 4.56. The zero-order valence-electron chi connectivity index (χ0n) is 10.9. The summed E-state index contributed by atoms with van der Waals surface area (Å²) in [6, 6.07) is 14.6. The Bertz CT molecular complexity index is 528. The third-order valence-corrected chi connectivity index (χ3v) is 3.07. The molecule has 0 amide bonds. The van der Waals surface area contributed by atoms with Gasteiger partial charge in [-0.15, -0.1) is 0 Å². The summed E-state index contributed by atoms with van der Waals surface area (Å²) in [5.74, 6) is -0.925. The molecule has 1 atom stereocenters. The maximum absolute atomic E-state index is 13.3. The summed E-state index contributed by atoms with van der Waals surface area (Å²) in [6.07, 6.45) is 2.00. The van der Waals surface area contributed by atoms with Gasteiger partial charge in [0.05, 0.1) is 6.04 Å². The Morgan fingerprint density at radius 1 is 1.16 bits per heavy atom. The first-order chi connectivity index (χ1) is 9.20. The van der Waals surface area contributed by atoms with Gasteiger partial charge >= 0.3 is 0 Å². The van der Waals surface area contributed by atoms with Crippen LogP contribution in [0, 0.1) is 5.82 Å². The van der Waals surface area contributed by atoms with E-state index in [4.69, 9.17) is 0 Å². The molecule has 0 saturated carbocycles. The molecule has 0 heterocycles. The lowest BCUT2D eigenvalue weighted by Crippen LogP contribution is -2.10. The van der Waals surface area contributed by atoms with Gasteiger partial charge in [-0.1, -0.05) is 43.7 Å². The Kier molecular flexibility index (Phi) is 4.39. The molecule has 0 aliphatic heterocycles. The molecule has 0 radical (unpaired) electrons. The van der Waals surface area contributed by atoms with E-state index in [1.165, 1.54) is 17.7 Å². The van der Waals surface area contributed by atoms with Crippen molar-refractivity contribution in [2.45, 2.75) is 25.8 Å². The van der Waals surface area contributed by atoms with Gasteiger partial charge in [-0.25, -0.2) is 4.39 Å². The Labute approximate surface area is 112 Å². The smallest absolute Gasteiger partial charge is 0.166 e. The van der Waals surface area contributed by atoms with E-state index in [1.54, 1.807) is 6.07 Å². The van der Waals surface area contributed by atoms with Gasteiger partial charge in [0.15, 0.2) is 11.6 Å². The molecule has 100 valence electrons. The zero-order valence-corrected chi connectivity index (χ0v) is 10.9. The summed E-state index contributed by atoms with van der Waals surface area (Å²) in [5, 5.41) is 12.5. The number of halogens is 1. The van der Waals surface area contributed by atoms with Crippen LogP contribution in [0.3, 0.4) is 0 Å². The van der Waals surface area contributed by atoms with E-state index in [2.05, 4.69) is 24.4 Å². The standard InChI is InChI=1S/C16H18FNO/c1-2-6-15(12-7-4-3-5-8-12)18-13-9-10-16(19)14(17)11-13/h3-5,7-11,15,18-19H,2,6H2,1H3. The lowest BCUT2D eigenvalue weighted by Gasteiger charge is -2.20. The Morgan fingerprint density at radius 3 is 2.53 bits per heavy atom. The number of phenols is 1. The van der Waals surface area contributed by atoms with Crippen LogP contribution in [0.15, 0.2) is 48.5 Å². The minimum atomic E-state index is -0.603. The van der Waals surface area contributed by atoms with Crippen molar-refractivity contribution in [3.63, 3.8) is 0 Å². The molecule has 0 aliphatic carbocycles. The molecule has 2 N–H and O–H groups in total. The highest BCUT2D eigenvalue weighted by Crippen LogP contribution is 2.26. The third kappa shape index (κ3) is 3.47. The molecule has 1 unspecified atom stereocenters. The van der Waals surface area contributed by atoms with Crippen LogP contribution >= 0.6 is 0 Å². The summed E-state index contributed by atoms with van der Waals surface area (Å²) < 4.78 is 13.3. The SMILES string of the molecule is CCCC(Nc1ccc(O)c(F)c1)c1ccccc1. The molecular formula is C16H18FNO. The van der Waals surface area contributed by atoms with E-state index in [0.29, 0.717) is 5.69 Å². The summed E-state index contributed by atoms with van der Waals surface area (Å²) >= 11 is 0. The largest absolute Gasteiger partial charge is 0.505 e. The molecule has 3 heteroatoms. The minimum absolute atomic E-state index is 0.148. The number of rotatable bonds is 5. The molecule has 19 heavy (non-hydrogen) atoms. The number of nitrogens with one attached hydrogen (secondary N) is 1. The number of anilines is 1. The molecule has 0 bridgehead atoms. The van der Waals surface area contributed by atoms with Crippen LogP contribution < -0.4 is 5.32 Å². The lowest BCUT2D eigenvalue weighted by atomic mass is 10.0. The normalized spacial score (nSPS) is 12.1. The van der Waals surface area contributed by atoms with Crippen molar-refractivity contribution < 1.29 is 9.50 Å². The number of hydrogen-bond donors (Lipinski definition) is 2. The van der Waals surface area contributed by atoms with E-state index < -0.39 is 5.82 Å². The third-order valence-electron chi connectivity index (χ3n) is 3.07. The molecule has 0 aromatic heterocycles. The first kappa shape index (κ1) is 13.4. The fourth-order valence-corrected chi connectivity index (χ4v) is 2.09. The van der Waals surface area contributed by atoms with E-state index in [-0.39, 0.29) is 11.8 Å². The van der Waals surface area contributed by atoms with Gasteiger partial charge in [-0.3, -0.25) is 0 Å². The highest BCUT2D eigenvalue weighted by Gasteiger charge is 2.11. The molecule has 2 rings (SSSR count). The lowest BCUT2D eigenvalue weighted by molar-refractivity contribution is 0.432. The van der Waals surface area contributed by atoms with Crippen molar-refractivity contribution in [3.05, 3.63) is 59.9 Å². The van der Waals surface area contributed by atoms with Gasteiger partial charge in [-0.05, 0) is 24.1 Å². The van der Waals surface area contributed by atoms with Crippen LogP contribution in [0.25, 0.3) is 0 Å². The molecular weight excluding hydrogens is 241 g/mol. The van der Waals surface area contributed by atoms with Gasteiger partial charge in [0.2, 0.25) is 0 Å². The highest BCUT2D eigenvalue weighted by molar-refractivity contribution is 5.48. The summed E-state index contributed by atoms with van der Waals surface area (Å²) in [5.41, 5.74) is 1.86. The number of hydrogen-bond acceptors (Lipinski definition) is 2. The molecule has 0 saturated heterocycles. The number of aromatic hydroxyl groups is 1. The van der Waals surface area contributed by atoms with Crippen LogP contribution in [0.2, 0.25) is 0 Å². The predicted molar refractivity (Wildman–Crippen MR) is 75.8 cm³/mol. The van der Waals surface area contributed by atoms with Crippen LogP contribution in [0.1, 0.15) is 31.4 Å². The second kappa shape index (κ2) is 6.23. The first-order valence-corrected chi connectivity index (χ1v) is 6.50. The zero-order chi connectivity index (χ0) is 13.7. The molecule has 2 nitrogen and oxygen atoms in total. The topological polar surface area (TPSA) is 32.3 Å². The van der Waals surface area contributed by atoms with Gasteiger partial charge < -0.3 is 10.4 Å². The maximum Gasteiger partial charge on any atom is 0.166 e. The molecule has 0 spiro atoms. The van der Waals surface area contributed by atoms with E-state index >= 15 is 0 Å². The molecule has 0 aliphatic rings. The Morgan fingerprint density at radius 2 is 1.89 bits per heavy atom. The van der Waals surface area contributed by atoms with Crippen molar-refractivity contribution >= 4 is 5.69 Å². The van der Waals surface area contributed by atoms with Crippen molar-refractivity contribution in [1.82, 2.24) is 0 Å². The van der Waals surface area contributed by atoms with Crippen LogP contribution in [0.4, 0.5) is 10.1 Å². The average Bonchev–Trinajstić information content (AvgIpc) is 2.43. The van der Waals surface area contributed by atoms with Crippen molar-refractivity contribution in [1.29, 1.82) is 0 Å². The maximum atomic E-state index is 13.3. The van der Waals surface area contributed by atoms with Crippen molar-refractivity contribution in [3.8, 4) is 5.75 Å². The molecule has 2 aromatic carbocycles. The fourth-order valence-electron chi connectivity index (χ4n) is 2.09. The number of phenolic OH excluding ortho intramolecular Hbond substituents is 1. The quantitative estimate of drug-likeness (QED) is 0.776. The second-order valence-electron chi connectivity index (χ2n) is 4.56. The van der Waals surface area contributed by atoms with Gasteiger partial charge in [0, 0.05) is 11.8 Å². The summed E-state index contributed by atoms with van der Waals surface area (Å²) in [6.45, 7) is 2.12. The Hall–Kier alpha value is -2.03. The van der Waals surface area contributed by atoms with Gasteiger partial charge in [-0.2, -0.15) is 0 Å². The molecule has 2 aromatic rings. The average molecular weight is 259 g/mol. The minimum Gasteiger partial charge on any atom is -0.505 e. The van der Waals surface area contributed by atoms with E-state index in [9.17, 15) is 9.50 Å². The van der Waals surface area contributed by atoms with E-state index in [0.717, 1.165) is 12.8 Å². The number of benzene rings is 2. The van der Waals surface area contributed by atoms with Crippen LogP contribution in [-0.4, -0.2) is 5.11 Å².